The summed E-state index contributed by atoms with van der Waals surface area (Å²) in [6, 6.07) is -1.79. The van der Waals surface area contributed by atoms with Crippen molar-refractivity contribution in [2.75, 3.05) is 6.54 Å². The summed E-state index contributed by atoms with van der Waals surface area (Å²) in [5, 5.41) is 9.60. The van der Waals surface area contributed by atoms with E-state index in [1.165, 1.54) is 12.3 Å². The average molecular weight is 304 g/mol. The SMILES string of the molecule is O=C(O)[C@@H]1c2occc2[C@H]2CN1C(=O)N2OS(=O)(=O)O. The van der Waals surface area contributed by atoms with Gasteiger partial charge in [0, 0.05) is 5.56 Å². The molecule has 2 amide bonds. The first-order valence-electron chi connectivity index (χ1n) is 5.36. The van der Waals surface area contributed by atoms with Gasteiger partial charge in [0.25, 0.3) is 0 Å². The molecule has 2 N–H and O–H groups in total. The van der Waals surface area contributed by atoms with E-state index in [0.29, 0.717) is 10.6 Å². The first kappa shape index (κ1) is 12.9. The molecule has 108 valence electrons. The number of nitrogens with zero attached hydrogens (tertiary/aromatic N) is 2. The van der Waals surface area contributed by atoms with E-state index in [2.05, 4.69) is 4.28 Å². The molecule has 3 heterocycles. The Morgan fingerprint density at radius 1 is 1.50 bits per heavy atom. The third kappa shape index (κ3) is 1.75. The smallest absolute Gasteiger partial charge is 0.418 e. The Hall–Kier alpha value is -2.11. The standard InChI is InChI=1S/C9H8N2O8S/c12-8(13)6-7-4(1-2-18-7)5-3-10(6)9(14)11(5)19-20(15,16)17/h1-2,5-6H,3H2,(H,12,13)(H,15,16,17)/t5-,6+/m1/s1. The molecule has 0 aliphatic carbocycles. The number of furan rings is 1. The Morgan fingerprint density at radius 3 is 2.80 bits per heavy atom. The number of rotatable bonds is 3. The van der Waals surface area contributed by atoms with Crippen molar-refractivity contribution in [1.29, 1.82) is 0 Å². The van der Waals surface area contributed by atoms with Crippen molar-refractivity contribution in [3.05, 3.63) is 23.7 Å². The maximum absolute atomic E-state index is 12.0. The molecule has 1 fully saturated rings. The normalized spacial score (nSPS) is 24.9. The van der Waals surface area contributed by atoms with E-state index >= 15 is 0 Å². The number of carboxylic acids is 1. The fraction of sp³-hybridized carbons (Fsp3) is 0.333. The van der Waals surface area contributed by atoms with Gasteiger partial charge in [0.15, 0.2) is 6.04 Å². The number of carbonyl (C=O) groups excluding carboxylic acids is 1. The molecule has 2 atom stereocenters. The minimum atomic E-state index is -4.90. The van der Waals surface area contributed by atoms with Gasteiger partial charge < -0.3 is 9.52 Å². The minimum absolute atomic E-state index is 0.0311. The first-order valence-corrected chi connectivity index (χ1v) is 6.73. The van der Waals surface area contributed by atoms with Crippen molar-refractivity contribution in [3.8, 4) is 0 Å². The summed E-state index contributed by atoms with van der Waals surface area (Å²) in [4.78, 5) is 24.1. The number of urea groups is 1. The van der Waals surface area contributed by atoms with E-state index in [-0.39, 0.29) is 12.3 Å². The highest BCUT2D eigenvalue weighted by Crippen LogP contribution is 2.44. The highest BCUT2D eigenvalue weighted by molar-refractivity contribution is 7.80. The van der Waals surface area contributed by atoms with Crippen LogP contribution >= 0.6 is 0 Å². The van der Waals surface area contributed by atoms with Gasteiger partial charge in [-0.3, -0.25) is 9.45 Å². The van der Waals surface area contributed by atoms with Crippen LogP contribution in [0.5, 0.6) is 0 Å². The fourth-order valence-corrected chi connectivity index (χ4v) is 2.81. The summed E-state index contributed by atoms with van der Waals surface area (Å²) in [6.07, 6.45) is 1.23. The van der Waals surface area contributed by atoms with Gasteiger partial charge in [-0.05, 0) is 6.07 Å². The van der Waals surface area contributed by atoms with Gasteiger partial charge in [-0.1, -0.05) is 0 Å². The summed E-state index contributed by atoms with van der Waals surface area (Å²) in [6.45, 7) is -0.0855. The lowest BCUT2D eigenvalue weighted by Gasteiger charge is -2.25. The predicted molar refractivity (Wildman–Crippen MR) is 58.4 cm³/mol. The Balaban J connectivity index is 2.07. The van der Waals surface area contributed by atoms with Crippen molar-refractivity contribution in [2.45, 2.75) is 12.1 Å². The van der Waals surface area contributed by atoms with Crippen molar-refractivity contribution >= 4 is 22.4 Å². The molecule has 3 rings (SSSR count). The number of carbonyl (C=O) groups is 2. The summed E-state index contributed by atoms with van der Waals surface area (Å²) in [5.41, 5.74) is 0.322. The van der Waals surface area contributed by atoms with Crippen LogP contribution in [0.3, 0.4) is 0 Å². The number of amides is 2. The third-order valence-corrected chi connectivity index (χ3v) is 3.49. The van der Waals surface area contributed by atoms with E-state index in [4.69, 9.17) is 8.97 Å². The van der Waals surface area contributed by atoms with Crippen molar-refractivity contribution in [1.82, 2.24) is 9.96 Å². The maximum Gasteiger partial charge on any atom is 0.418 e. The molecular weight excluding hydrogens is 296 g/mol. The van der Waals surface area contributed by atoms with Crippen LogP contribution in [-0.2, 0) is 19.5 Å². The van der Waals surface area contributed by atoms with Gasteiger partial charge >= 0.3 is 22.4 Å². The van der Waals surface area contributed by atoms with Crippen LogP contribution in [-0.4, -0.2) is 46.6 Å². The van der Waals surface area contributed by atoms with Crippen LogP contribution < -0.4 is 0 Å². The van der Waals surface area contributed by atoms with E-state index in [0.717, 1.165) is 4.90 Å². The zero-order valence-corrected chi connectivity index (χ0v) is 10.5. The van der Waals surface area contributed by atoms with Crippen LogP contribution in [0, 0.1) is 0 Å². The molecule has 11 heteroatoms. The van der Waals surface area contributed by atoms with Gasteiger partial charge in [-0.2, -0.15) is 13.5 Å². The molecule has 2 aliphatic heterocycles. The van der Waals surface area contributed by atoms with Crippen LogP contribution in [0.25, 0.3) is 0 Å². The molecule has 2 aliphatic rings. The van der Waals surface area contributed by atoms with Gasteiger partial charge in [0.05, 0.1) is 12.8 Å². The quantitative estimate of drug-likeness (QED) is 0.740. The van der Waals surface area contributed by atoms with Crippen LogP contribution in [0.15, 0.2) is 16.7 Å². The van der Waals surface area contributed by atoms with Gasteiger partial charge in [0.2, 0.25) is 0 Å². The molecule has 1 saturated heterocycles. The largest absolute Gasteiger partial charge is 0.479 e. The summed E-state index contributed by atoms with van der Waals surface area (Å²) in [7, 11) is -4.90. The number of hydrogen-bond acceptors (Lipinski definition) is 6. The molecule has 10 nitrogen and oxygen atoms in total. The van der Waals surface area contributed by atoms with Crippen LogP contribution in [0.2, 0.25) is 0 Å². The van der Waals surface area contributed by atoms with Crippen molar-refractivity contribution < 1.29 is 36.4 Å². The number of fused-ring (bicyclic) bond motifs is 4. The number of hydrogen-bond donors (Lipinski definition) is 2. The number of hydroxylamine groups is 2. The first-order chi connectivity index (χ1) is 9.29. The molecule has 1 aromatic heterocycles. The zero-order chi connectivity index (χ0) is 14.7. The van der Waals surface area contributed by atoms with E-state index in [1.54, 1.807) is 0 Å². The summed E-state index contributed by atoms with van der Waals surface area (Å²) < 4.78 is 39.5. The number of carboxylic acid groups (broad SMARTS) is 1. The molecule has 0 unspecified atom stereocenters. The second-order valence-corrected chi connectivity index (χ2v) is 5.26. The molecule has 0 radical (unpaired) electrons. The lowest BCUT2D eigenvalue weighted by Crippen LogP contribution is -2.38. The fourth-order valence-electron chi connectivity index (χ4n) is 2.44. The van der Waals surface area contributed by atoms with E-state index in [1.807, 2.05) is 0 Å². The monoisotopic (exact) mass is 304 g/mol. The molecule has 0 spiro atoms. The highest BCUT2D eigenvalue weighted by atomic mass is 32.3. The minimum Gasteiger partial charge on any atom is -0.479 e. The second kappa shape index (κ2) is 3.94. The molecule has 0 saturated carbocycles. The molecule has 20 heavy (non-hydrogen) atoms. The average Bonchev–Trinajstić information content (AvgIpc) is 2.88. The molecule has 0 aromatic carbocycles. The Bertz CT molecular complexity index is 695. The van der Waals surface area contributed by atoms with Crippen molar-refractivity contribution in [2.24, 2.45) is 0 Å². The molecule has 1 aromatic rings. The van der Waals surface area contributed by atoms with E-state index < -0.39 is 34.5 Å². The predicted octanol–water partition coefficient (Wildman–Crippen LogP) is -0.0680. The molecule has 2 bridgehead atoms. The Morgan fingerprint density at radius 2 is 2.20 bits per heavy atom. The zero-order valence-electron chi connectivity index (χ0n) is 9.66. The Kier molecular flexibility index (Phi) is 2.54. The summed E-state index contributed by atoms with van der Waals surface area (Å²) >= 11 is 0. The van der Waals surface area contributed by atoms with Crippen LogP contribution in [0.4, 0.5) is 4.79 Å². The van der Waals surface area contributed by atoms with Gasteiger partial charge in [0.1, 0.15) is 11.8 Å². The lowest BCUT2D eigenvalue weighted by molar-refractivity contribution is -0.143. The topological polar surface area (TPSA) is 138 Å². The van der Waals surface area contributed by atoms with Crippen molar-refractivity contribution in [3.63, 3.8) is 0 Å². The van der Waals surface area contributed by atoms with Gasteiger partial charge in [-0.25, -0.2) is 9.59 Å². The number of aliphatic carboxylic acids is 1. The van der Waals surface area contributed by atoms with E-state index in [9.17, 15) is 23.1 Å². The third-order valence-electron chi connectivity index (χ3n) is 3.14. The maximum atomic E-state index is 12.0. The summed E-state index contributed by atoms with van der Waals surface area (Å²) in [5.74, 6) is -1.29. The lowest BCUT2D eigenvalue weighted by atomic mass is 9.99. The van der Waals surface area contributed by atoms with Gasteiger partial charge in [-0.15, -0.1) is 4.28 Å². The second-order valence-electron chi connectivity index (χ2n) is 4.26. The Labute approximate surface area is 112 Å². The molecular formula is C9H8N2O8S. The highest BCUT2D eigenvalue weighted by Gasteiger charge is 2.53. The van der Waals surface area contributed by atoms with Crippen LogP contribution in [0.1, 0.15) is 23.4 Å².